The number of anilines is 2. The number of likely N-dealkylation sites (N-methyl/N-ethyl adjacent to an activating group) is 1. The molecule has 4 aromatic carbocycles. The maximum atomic E-state index is 13.5. The number of hydrogen-bond donors (Lipinski definition) is 2. The number of benzene rings is 4. The van der Waals surface area contributed by atoms with Gasteiger partial charge in [0.15, 0.2) is 5.78 Å². The average molecular weight is 469 g/mol. The summed E-state index contributed by atoms with van der Waals surface area (Å²) >= 11 is 6.12. The number of fused-ring (bicyclic) bond motifs is 2. The van der Waals surface area contributed by atoms with Crippen LogP contribution in [0.1, 0.15) is 23.6 Å². The van der Waals surface area contributed by atoms with Crippen LogP contribution in [0.5, 0.6) is 0 Å². The van der Waals surface area contributed by atoms with Gasteiger partial charge in [-0.2, -0.15) is 0 Å². The van der Waals surface area contributed by atoms with Crippen LogP contribution in [0, 0.1) is 0 Å². The lowest BCUT2D eigenvalue weighted by atomic mass is 9.92. The summed E-state index contributed by atoms with van der Waals surface area (Å²) in [7, 11) is 1.93. The number of para-hydroxylation sites is 1. The highest BCUT2D eigenvalue weighted by atomic mass is 35.5. The number of nitrogens with one attached hydrogen (secondary N) is 1. The molecule has 0 aliphatic carbocycles. The molecule has 1 unspecified atom stereocenters. The summed E-state index contributed by atoms with van der Waals surface area (Å²) in [6, 6.07) is 29.2. The maximum absolute atomic E-state index is 13.5. The second-order valence-corrected chi connectivity index (χ2v) is 9.07. The molecule has 1 atom stereocenters. The zero-order valence-corrected chi connectivity index (χ0v) is 19.6. The predicted molar refractivity (Wildman–Crippen MR) is 141 cm³/mol. The Bertz CT molecular complexity index is 1390. The fourth-order valence-electron chi connectivity index (χ4n) is 4.52. The number of carbonyl (C=O) groups is 1. The van der Waals surface area contributed by atoms with Crippen LogP contribution in [0.3, 0.4) is 0 Å². The van der Waals surface area contributed by atoms with Gasteiger partial charge in [0.1, 0.15) is 5.76 Å². The van der Waals surface area contributed by atoms with Gasteiger partial charge in [0.05, 0.1) is 11.6 Å². The normalized spacial score (nSPS) is 14.1. The van der Waals surface area contributed by atoms with Crippen molar-refractivity contribution in [3.8, 4) is 0 Å². The fourth-order valence-corrected chi connectivity index (χ4v) is 4.65. The quantitative estimate of drug-likeness (QED) is 0.319. The van der Waals surface area contributed by atoms with Crippen molar-refractivity contribution in [1.82, 2.24) is 0 Å². The molecule has 0 fully saturated rings. The van der Waals surface area contributed by atoms with Crippen molar-refractivity contribution in [2.75, 3.05) is 23.8 Å². The van der Waals surface area contributed by atoms with E-state index in [0.717, 1.165) is 27.7 Å². The minimum absolute atomic E-state index is 0.0688. The molecular weight excluding hydrogens is 444 g/mol. The number of ketones is 1. The summed E-state index contributed by atoms with van der Waals surface area (Å²) in [6.45, 7) is 0.366. The molecule has 0 saturated heterocycles. The summed E-state index contributed by atoms with van der Waals surface area (Å²) in [6.07, 6.45) is 0.198. The Balaban J connectivity index is 1.47. The van der Waals surface area contributed by atoms with Gasteiger partial charge in [0, 0.05) is 42.0 Å². The van der Waals surface area contributed by atoms with Gasteiger partial charge >= 0.3 is 0 Å². The van der Waals surface area contributed by atoms with Gasteiger partial charge in [-0.1, -0.05) is 66.2 Å². The first-order valence-electron chi connectivity index (χ1n) is 11.3. The third-order valence-corrected chi connectivity index (χ3v) is 6.59. The number of rotatable bonds is 6. The highest BCUT2D eigenvalue weighted by Crippen LogP contribution is 2.34. The zero-order valence-electron chi connectivity index (χ0n) is 18.8. The van der Waals surface area contributed by atoms with Gasteiger partial charge in [0.25, 0.3) is 0 Å². The van der Waals surface area contributed by atoms with Crippen LogP contribution in [-0.4, -0.2) is 24.5 Å². The molecule has 170 valence electrons. The molecule has 4 nitrogen and oxygen atoms in total. The predicted octanol–water partition coefficient (Wildman–Crippen LogP) is 7.02. The maximum Gasteiger partial charge on any atom is 0.166 e. The largest absolute Gasteiger partial charge is 0.507 e. The van der Waals surface area contributed by atoms with Crippen molar-refractivity contribution in [3.63, 3.8) is 0 Å². The molecule has 2 N–H and O–H groups in total. The van der Waals surface area contributed by atoms with Crippen molar-refractivity contribution in [2.45, 2.75) is 12.5 Å². The third-order valence-electron chi connectivity index (χ3n) is 6.34. The molecule has 0 saturated carbocycles. The first kappa shape index (κ1) is 22.1. The van der Waals surface area contributed by atoms with Gasteiger partial charge in [-0.15, -0.1) is 0 Å². The van der Waals surface area contributed by atoms with Crippen LogP contribution >= 0.6 is 11.6 Å². The van der Waals surface area contributed by atoms with Crippen LogP contribution in [0.15, 0.2) is 96.6 Å². The van der Waals surface area contributed by atoms with E-state index in [-0.39, 0.29) is 24.0 Å². The van der Waals surface area contributed by atoms with Gasteiger partial charge in [-0.25, -0.2) is 0 Å². The van der Waals surface area contributed by atoms with E-state index < -0.39 is 0 Å². The van der Waals surface area contributed by atoms with Gasteiger partial charge < -0.3 is 15.3 Å². The van der Waals surface area contributed by atoms with Gasteiger partial charge in [-0.3, -0.25) is 4.79 Å². The summed E-state index contributed by atoms with van der Waals surface area (Å²) in [5.74, 6) is -0.0219. The van der Waals surface area contributed by atoms with E-state index in [1.165, 1.54) is 0 Å². The SMILES string of the molecule is CN1CC(C(=O)CC(Nc2ccc3ccccc3c2)c2ccc(Cl)cc2)=C(O)c2ccccc21. The van der Waals surface area contributed by atoms with E-state index >= 15 is 0 Å². The second-order valence-electron chi connectivity index (χ2n) is 8.64. The first-order valence-corrected chi connectivity index (χ1v) is 11.6. The van der Waals surface area contributed by atoms with Crippen molar-refractivity contribution < 1.29 is 9.90 Å². The summed E-state index contributed by atoms with van der Waals surface area (Å²) in [5, 5.41) is 17.4. The van der Waals surface area contributed by atoms with E-state index in [1.807, 2.05) is 78.7 Å². The molecule has 0 amide bonds. The van der Waals surface area contributed by atoms with Crippen molar-refractivity contribution in [3.05, 3.63) is 113 Å². The Kier molecular flexibility index (Phi) is 5.99. The van der Waals surface area contributed by atoms with Crippen molar-refractivity contribution in [1.29, 1.82) is 0 Å². The lowest BCUT2D eigenvalue weighted by Crippen LogP contribution is -2.30. The van der Waals surface area contributed by atoms with Crippen LogP contribution in [0.25, 0.3) is 16.5 Å². The smallest absolute Gasteiger partial charge is 0.166 e. The topological polar surface area (TPSA) is 52.6 Å². The Morgan fingerprint density at radius 3 is 2.47 bits per heavy atom. The van der Waals surface area contributed by atoms with Crippen molar-refractivity contribution >= 4 is 45.3 Å². The van der Waals surface area contributed by atoms with E-state index in [1.54, 1.807) is 0 Å². The Morgan fingerprint density at radius 2 is 1.68 bits per heavy atom. The molecular formula is C29H25ClN2O2. The molecule has 34 heavy (non-hydrogen) atoms. The van der Waals surface area contributed by atoms with Crippen LogP contribution in [0.4, 0.5) is 11.4 Å². The first-order chi connectivity index (χ1) is 16.5. The fraction of sp³-hybridized carbons (Fsp3) is 0.138. The molecule has 0 spiro atoms. The number of aliphatic hydroxyl groups is 1. The Hall–Kier alpha value is -3.76. The molecule has 5 heteroatoms. The van der Waals surface area contributed by atoms with Crippen molar-refractivity contribution in [2.24, 2.45) is 0 Å². The number of Topliss-reactive ketones (excluding diaryl/α,β-unsaturated/α-hetero) is 1. The van der Waals surface area contributed by atoms with Crippen LogP contribution in [0.2, 0.25) is 5.02 Å². The highest BCUT2D eigenvalue weighted by Gasteiger charge is 2.28. The lowest BCUT2D eigenvalue weighted by Gasteiger charge is -2.29. The minimum Gasteiger partial charge on any atom is -0.507 e. The summed E-state index contributed by atoms with van der Waals surface area (Å²) in [5.41, 5.74) is 3.91. The molecule has 1 aliphatic rings. The van der Waals surface area contributed by atoms with E-state index in [0.29, 0.717) is 22.7 Å². The van der Waals surface area contributed by atoms with Gasteiger partial charge in [-0.05, 0) is 52.7 Å². The van der Waals surface area contributed by atoms with E-state index in [4.69, 9.17) is 11.6 Å². The molecule has 0 bridgehead atoms. The Labute approximate surface area is 204 Å². The lowest BCUT2D eigenvalue weighted by molar-refractivity contribution is -0.115. The highest BCUT2D eigenvalue weighted by molar-refractivity contribution is 6.30. The summed E-state index contributed by atoms with van der Waals surface area (Å²) < 4.78 is 0. The standard InChI is InChI=1S/C29H25ClN2O2/c1-32-18-25(29(34)24-8-4-5-9-27(24)32)28(33)17-26(20-10-13-22(30)14-11-20)31-23-15-12-19-6-2-3-7-21(19)16-23/h2-16,26,31,34H,17-18H2,1H3. The third kappa shape index (κ3) is 4.37. The molecule has 4 aromatic rings. The summed E-state index contributed by atoms with van der Waals surface area (Å²) in [4.78, 5) is 15.5. The average Bonchev–Trinajstić information content (AvgIpc) is 2.86. The number of halogens is 1. The molecule has 0 radical (unpaired) electrons. The van der Waals surface area contributed by atoms with E-state index in [9.17, 15) is 9.90 Å². The number of carbonyl (C=O) groups excluding carboxylic acids is 1. The van der Waals surface area contributed by atoms with Gasteiger partial charge in [0.2, 0.25) is 0 Å². The Morgan fingerprint density at radius 1 is 0.971 bits per heavy atom. The van der Waals surface area contributed by atoms with Crippen LogP contribution < -0.4 is 10.2 Å². The minimum atomic E-state index is -0.284. The monoisotopic (exact) mass is 468 g/mol. The number of hydrogen-bond acceptors (Lipinski definition) is 4. The molecule has 1 aliphatic heterocycles. The molecule has 1 heterocycles. The van der Waals surface area contributed by atoms with E-state index in [2.05, 4.69) is 29.6 Å². The number of nitrogens with zero attached hydrogens (tertiary/aromatic N) is 1. The molecule has 5 rings (SSSR count). The molecule has 0 aromatic heterocycles. The second kappa shape index (κ2) is 9.24. The number of aliphatic hydroxyl groups excluding tert-OH is 1. The zero-order chi connectivity index (χ0) is 23.7. The van der Waals surface area contributed by atoms with Crippen LogP contribution in [-0.2, 0) is 4.79 Å².